The van der Waals surface area contributed by atoms with Gasteiger partial charge in [0.05, 0.1) is 11.6 Å². The molecule has 1 heterocycles. The van der Waals surface area contributed by atoms with Crippen LogP contribution in [0.3, 0.4) is 0 Å². The van der Waals surface area contributed by atoms with Crippen LogP contribution in [0.25, 0.3) is 0 Å². The Hall–Kier alpha value is -0.540. The van der Waals surface area contributed by atoms with Crippen LogP contribution in [0.4, 0.5) is 0 Å². The second-order valence-corrected chi connectivity index (χ2v) is 5.33. The molecule has 0 aliphatic carbocycles. The minimum absolute atomic E-state index is 0.603. The van der Waals surface area contributed by atoms with Crippen LogP contribution in [-0.2, 0) is 13.0 Å². The molecule has 0 saturated carbocycles. The number of benzene rings is 1. The van der Waals surface area contributed by atoms with Crippen LogP contribution in [-0.4, -0.2) is 24.6 Å². The molecule has 16 heavy (non-hydrogen) atoms. The Morgan fingerprint density at radius 3 is 2.75 bits per heavy atom. The highest BCUT2D eigenvalue weighted by molar-refractivity contribution is 9.10. The Balaban J connectivity index is 2.35. The van der Waals surface area contributed by atoms with Crippen LogP contribution >= 0.6 is 15.9 Å². The molecule has 0 atom stereocenters. The molecule has 0 radical (unpaired) electrons. The summed E-state index contributed by atoms with van der Waals surface area (Å²) in [6.07, 6.45) is 1.14. The van der Waals surface area contributed by atoms with Crippen LogP contribution in [0.1, 0.15) is 25.0 Å². The largest absolute Gasteiger partial charge is 0.496 e. The van der Waals surface area contributed by atoms with Crippen LogP contribution < -0.4 is 4.74 Å². The average molecular weight is 284 g/mol. The van der Waals surface area contributed by atoms with Gasteiger partial charge >= 0.3 is 0 Å². The third-order valence-corrected chi connectivity index (χ3v) is 4.15. The quantitative estimate of drug-likeness (QED) is 0.826. The van der Waals surface area contributed by atoms with Gasteiger partial charge in [0.1, 0.15) is 5.75 Å². The van der Waals surface area contributed by atoms with Crippen molar-refractivity contribution in [3.63, 3.8) is 0 Å². The summed E-state index contributed by atoms with van der Waals surface area (Å²) in [5, 5.41) is 0. The lowest BCUT2D eigenvalue weighted by molar-refractivity contribution is 0.202. The number of hydrogen-bond acceptors (Lipinski definition) is 2. The van der Waals surface area contributed by atoms with E-state index in [-0.39, 0.29) is 0 Å². The maximum Gasteiger partial charge on any atom is 0.133 e. The van der Waals surface area contributed by atoms with Gasteiger partial charge in [-0.2, -0.15) is 0 Å². The van der Waals surface area contributed by atoms with E-state index in [0.717, 1.165) is 29.7 Å². The number of nitrogens with zero attached hydrogens (tertiary/aromatic N) is 1. The van der Waals surface area contributed by atoms with Gasteiger partial charge in [-0.05, 0) is 53.4 Å². The third kappa shape index (κ3) is 2.11. The molecule has 1 aliphatic heterocycles. The average Bonchev–Trinajstić information content (AvgIpc) is 2.29. The molecule has 2 rings (SSSR count). The molecular weight excluding hydrogens is 266 g/mol. The SMILES string of the molecule is COc1ccc2c(c1Br)CN(C(C)C)CC2. The fourth-order valence-electron chi connectivity index (χ4n) is 2.19. The smallest absolute Gasteiger partial charge is 0.133 e. The molecule has 0 unspecified atom stereocenters. The number of ether oxygens (including phenoxy) is 1. The molecule has 0 fully saturated rings. The summed E-state index contributed by atoms with van der Waals surface area (Å²) in [5.41, 5.74) is 2.84. The standard InChI is InChI=1S/C13H18BrNO/c1-9(2)15-7-6-10-4-5-12(16-3)13(14)11(10)8-15/h4-5,9H,6-8H2,1-3H3. The highest BCUT2D eigenvalue weighted by Gasteiger charge is 2.21. The summed E-state index contributed by atoms with van der Waals surface area (Å²) in [7, 11) is 1.72. The van der Waals surface area contributed by atoms with E-state index in [1.807, 2.05) is 6.07 Å². The molecule has 1 aliphatic rings. The molecule has 0 aromatic heterocycles. The van der Waals surface area contributed by atoms with E-state index in [1.165, 1.54) is 11.1 Å². The minimum atomic E-state index is 0.603. The third-order valence-electron chi connectivity index (χ3n) is 3.28. The zero-order chi connectivity index (χ0) is 11.7. The Morgan fingerprint density at radius 1 is 1.38 bits per heavy atom. The van der Waals surface area contributed by atoms with Crippen LogP contribution in [0.2, 0.25) is 0 Å². The molecule has 1 aromatic rings. The maximum absolute atomic E-state index is 5.34. The van der Waals surface area contributed by atoms with Gasteiger partial charge in [-0.3, -0.25) is 4.90 Å². The van der Waals surface area contributed by atoms with Gasteiger partial charge in [-0.25, -0.2) is 0 Å². The molecule has 0 spiro atoms. The summed E-state index contributed by atoms with van der Waals surface area (Å²) >= 11 is 3.65. The fraction of sp³-hybridized carbons (Fsp3) is 0.538. The summed E-state index contributed by atoms with van der Waals surface area (Å²) in [6.45, 7) is 6.67. The van der Waals surface area contributed by atoms with Gasteiger partial charge in [-0.15, -0.1) is 0 Å². The molecule has 0 saturated heterocycles. The van der Waals surface area contributed by atoms with Crippen molar-refractivity contribution in [2.75, 3.05) is 13.7 Å². The van der Waals surface area contributed by atoms with E-state index in [4.69, 9.17) is 4.74 Å². The van der Waals surface area contributed by atoms with Crippen molar-refractivity contribution in [1.29, 1.82) is 0 Å². The Kier molecular flexibility index (Phi) is 3.55. The van der Waals surface area contributed by atoms with Gasteiger partial charge in [-0.1, -0.05) is 6.07 Å². The van der Waals surface area contributed by atoms with E-state index >= 15 is 0 Å². The lowest BCUT2D eigenvalue weighted by atomic mass is 9.98. The Labute approximate surface area is 106 Å². The normalized spacial score (nSPS) is 16.3. The van der Waals surface area contributed by atoms with Gasteiger partial charge in [0, 0.05) is 19.1 Å². The first-order valence-electron chi connectivity index (χ1n) is 5.71. The Bertz CT molecular complexity index is 390. The van der Waals surface area contributed by atoms with Crippen molar-refractivity contribution in [1.82, 2.24) is 4.90 Å². The van der Waals surface area contributed by atoms with E-state index in [9.17, 15) is 0 Å². The van der Waals surface area contributed by atoms with Crippen molar-refractivity contribution in [2.24, 2.45) is 0 Å². The van der Waals surface area contributed by atoms with Crippen molar-refractivity contribution in [3.8, 4) is 5.75 Å². The van der Waals surface area contributed by atoms with Crippen molar-refractivity contribution in [2.45, 2.75) is 32.9 Å². The molecule has 0 bridgehead atoms. The number of rotatable bonds is 2. The van der Waals surface area contributed by atoms with Crippen LogP contribution in [0.5, 0.6) is 5.75 Å². The van der Waals surface area contributed by atoms with Gasteiger partial charge < -0.3 is 4.74 Å². The molecular formula is C13H18BrNO. The zero-order valence-corrected chi connectivity index (χ0v) is 11.7. The van der Waals surface area contributed by atoms with E-state index in [2.05, 4.69) is 40.7 Å². The zero-order valence-electron chi connectivity index (χ0n) is 10.1. The summed E-state index contributed by atoms with van der Waals surface area (Å²) in [5.74, 6) is 0.935. The highest BCUT2D eigenvalue weighted by Crippen LogP contribution is 2.34. The maximum atomic E-state index is 5.34. The van der Waals surface area contributed by atoms with Crippen molar-refractivity contribution in [3.05, 3.63) is 27.7 Å². The van der Waals surface area contributed by atoms with Gasteiger partial charge in [0.15, 0.2) is 0 Å². The predicted octanol–water partition coefficient (Wildman–Crippen LogP) is 3.22. The fourth-order valence-corrected chi connectivity index (χ4v) is 2.86. The molecule has 1 aromatic carbocycles. The van der Waals surface area contributed by atoms with E-state index in [1.54, 1.807) is 7.11 Å². The lowest BCUT2D eigenvalue weighted by Gasteiger charge is -2.32. The second kappa shape index (κ2) is 4.76. The molecule has 3 heteroatoms. The molecule has 88 valence electrons. The molecule has 0 N–H and O–H groups in total. The van der Waals surface area contributed by atoms with Crippen LogP contribution in [0.15, 0.2) is 16.6 Å². The number of methoxy groups -OCH3 is 1. The Morgan fingerprint density at radius 2 is 2.12 bits per heavy atom. The summed E-state index contributed by atoms with van der Waals surface area (Å²) < 4.78 is 6.46. The van der Waals surface area contributed by atoms with Gasteiger partial charge in [0.2, 0.25) is 0 Å². The van der Waals surface area contributed by atoms with Crippen LogP contribution in [0, 0.1) is 0 Å². The first-order valence-corrected chi connectivity index (χ1v) is 6.51. The van der Waals surface area contributed by atoms with E-state index in [0.29, 0.717) is 6.04 Å². The summed E-state index contributed by atoms with van der Waals surface area (Å²) in [6, 6.07) is 4.84. The predicted molar refractivity (Wildman–Crippen MR) is 69.9 cm³/mol. The van der Waals surface area contributed by atoms with Crippen molar-refractivity contribution < 1.29 is 4.74 Å². The van der Waals surface area contributed by atoms with Crippen molar-refractivity contribution >= 4 is 15.9 Å². The number of fused-ring (bicyclic) bond motifs is 1. The molecule has 2 nitrogen and oxygen atoms in total. The second-order valence-electron chi connectivity index (χ2n) is 4.53. The van der Waals surface area contributed by atoms with Gasteiger partial charge in [0.25, 0.3) is 0 Å². The number of halogens is 1. The molecule has 0 amide bonds. The van der Waals surface area contributed by atoms with E-state index < -0.39 is 0 Å². The lowest BCUT2D eigenvalue weighted by Crippen LogP contribution is -2.36. The monoisotopic (exact) mass is 283 g/mol. The minimum Gasteiger partial charge on any atom is -0.496 e. The highest BCUT2D eigenvalue weighted by atomic mass is 79.9. The first-order chi connectivity index (χ1) is 7.63. The topological polar surface area (TPSA) is 12.5 Å². The number of hydrogen-bond donors (Lipinski definition) is 0. The summed E-state index contributed by atoms with van der Waals surface area (Å²) in [4.78, 5) is 2.49. The first kappa shape index (κ1) is 11.9.